The average Bonchev–Trinajstić information content (AvgIpc) is 2.84. The highest BCUT2D eigenvalue weighted by Gasteiger charge is 2.42. The third-order valence-electron chi connectivity index (χ3n) is 3.69. The van der Waals surface area contributed by atoms with E-state index in [1.165, 1.54) is 0 Å². The van der Waals surface area contributed by atoms with Crippen LogP contribution in [0.15, 0.2) is 10.6 Å². The minimum Gasteiger partial charge on any atom is -0.444 e. The number of rotatable bonds is 4. The van der Waals surface area contributed by atoms with Crippen molar-refractivity contribution < 1.29 is 17.6 Å². The molecule has 0 unspecified atom stereocenters. The number of alkyl halides is 3. The lowest BCUT2D eigenvalue weighted by Crippen LogP contribution is -2.27. The van der Waals surface area contributed by atoms with Crippen LogP contribution in [-0.4, -0.2) is 17.7 Å². The zero-order valence-electron chi connectivity index (χ0n) is 11.0. The second-order valence-electron chi connectivity index (χ2n) is 5.03. The first-order chi connectivity index (χ1) is 9.00. The maximum absolute atomic E-state index is 12.6. The Morgan fingerprint density at radius 2 is 2.00 bits per heavy atom. The van der Waals surface area contributed by atoms with Gasteiger partial charge in [0.1, 0.15) is 5.76 Å². The lowest BCUT2D eigenvalue weighted by Gasteiger charge is -2.28. The van der Waals surface area contributed by atoms with Gasteiger partial charge in [-0.05, 0) is 32.2 Å². The lowest BCUT2D eigenvalue weighted by atomic mass is 9.81. The van der Waals surface area contributed by atoms with Crippen LogP contribution < -0.4 is 5.32 Å². The Bertz CT molecular complexity index is 395. The van der Waals surface area contributed by atoms with E-state index < -0.39 is 12.1 Å². The highest BCUT2D eigenvalue weighted by atomic mass is 19.4. The van der Waals surface area contributed by atoms with Crippen LogP contribution in [0.2, 0.25) is 0 Å². The third-order valence-corrected chi connectivity index (χ3v) is 3.69. The van der Waals surface area contributed by atoms with Crippen molar-refractivity contribution in [3.8, 4) is 0 Å². The number of hydrogen-bond donors (Lipinski definition) is 1. The molecule has 1 aliphatic carbocycles. The Morgan fingerprint density at radius 3 is 2.58 bits per heavy atom. The van der Waals surface area contributed by atoms with Crippen LogP contribution in [-0.2, 0) is 6.54 Å². The quantitative estimate of drug-likeness (QED) is 0.912. The van der Waals surface area contributed by atoms with Crippen molar-refractivity contribution >= 4 is 0 Å². The predicted octanol–water partition coefficient (Wildman–Crippen LogP) is 3.62. The van der Waals surface area contributed by atoms with Gasteiger partial charge in [-0.15, -0.1) is 0 Å². The zero-order valence-corrected chi connectivity index (χ0v) is 11.0. The molecule has 0 aliphatic heterocycles. The molecule has 19 heavy (non-hydrogen) atoms. The summed E-state index contributed by atoms with van der Waals surface area (Å²) in [5.41, 5.74) is 0. The fourth-order valence-corrected chi connectivity index (χ4v) is 2.53. The summed E-state index contributed by atoms with van der Waals surface area (Å²) < 4.78 is 43.3. The summed E-state index contributed by atoms with van der Waals surface area (Å²) in [5, 5.41) is 3.10. The molecule has 6 heteroatoms. The standard InChI is InChI=1S/C13H19F3N2O/c1-2-17-8-12-18-7-11(19-12)9-3-5-10(6-4-9)13(14,15)16/h7,9-10,17H,2-6,8H2,1H3. The van der Waals surface area contributed by atoms with Crippen molar-refractivity contribution in [3.05, 3.63) is 17.8 Å². The number of oxazole rings is 1. The van der Waals surface area contributed by atoms with Gasteiger partial charge in [-0.1, -0.05) is 6.92 Å². The van der Waals surface area contributed by atoms with Gasteiger partial charge in [-0.2, -0.15) is 13.2 Å². The Balaban J connectivity index is 1.89. The molecular formula is C13H19F3N2O. The summed E-state index contributed by atoms with van der Waals surface area (Å²) in [6, 6.07) is 0. The Labute approximate surface area is 110 Å². The normalized spacial score (nSPS) is 24.6. The summed E-state index contributed by atoms with van der Waals surface area (Å²) in [6.45, 7) is 3.38. The summed E-state index contributed by atoms with van der Waals surface area (Å²) in [4.78, 5) is 4.15. The first-order valence-electron chi connectivity index (χ1n) is 6.72. The van der Waals surface area contributed by atoms with E-state index in [2.05, 4.69) is 10.3 Å². The molecule has 0 atom stereocenters. The second kappa shape index (κ2) is 5.94. The first kappa shape index (κ1) is 14.4. The van der Waals surface area contributed by atoms with Crippen molar-refractivity contribution in [1.29, 1.82) is 0 Å². The van der Waals surface area contributed by atoms with Gasteiger partial charge < -0.3 is 9.73 Å². The zero-order chi connectivity index (χ0) is 13.9. The Hall–Kier alpha value is -1.04. The predicted molar refractivity (Wildman–Crippen MR) is 64.6 cm³/mol. The molecule has 0 spiro atoms. The molecule has 0 saturated heterocycles. The molecule has 0 amide bonds. The van der Waals surface area contributed by atoms with Crippen LogP contribution in [0, 0.1) is 5.92 Å². The van der Waals surface area contributed by atoms with E-state index in [4.69, 9.17) is 4.42 Å². The van der Waals surface area contributed by atoms with Gasteiger partial charge in [0.2, 0.25) is 5.89 Å². The van der Waals surface area contributed by atoms with Crippen LogP contribution in [0.1, 0.15) is 50.2 Å². The fourth-order valence-electron chi connectivity index (χ4n) is 2.53. The van der Waals surface area contributed by atoms with Crippen molar-refractivity contribution in [1.82, 2.24) is 10.3 Å². The molecule has 1 aromatic heterocycles. The highest BCUT2D eigenvalue weighted by Crippen LogP contribution is 2.42. The van der Waals surface area contributed by atoms with E-state index >= 15 is 0 Å². The highest BCUT2D eigenvalue weighted by molar-refractivity contribution is 5.03. The summed E-state index contributed by atoms with van der Waals surface area (Å²) in [5.74, 6) is 0.276. The molecule has 1 saturated carbocycles. The summed E-state index contributed by atoms with van der Waals surface area (Å²) in [6.07, 6.45) is -0.956. The van der Waals surface area contributed by atoms with E-state index in [1.807, 2.05) is 6.92 Å². The molecule has 3 nitrogen and oxygen atoms in total. The second-order valence-corrected chi connectivity index (χ2v) is 5.03. The van der Waals surface area contributed by atoms with Crippen LogP contribution in [0.3, 0.4) is 0 Å². The van der Waals surface area contributed by atoms with Crippen LogP contribution in [0.5, 0.6) is 0 Å². The number of nitrogens with one attached hydrogen (secondary N) is 1. The number of nitrogens with zero attached hydrogens (tertiary/aromatic N) is 1. The van der Waals surface area contributed by atoms with Gasteiger partial charge in [0.15, 0.2) is 0 Å². The van der Waals surface area contributed by atoms with Crippen molar-refractivity contribution in [3.63, 3.8) is 0 Å². The number of aromatic nitrogens is 1. The van der Waals surface area contributed by atoms with Gasteiger partial charge in [-0.25, -0.2) is 4.98 Å². The molecule has 1 aliphatic rings. The molecule has 1 heterocycles. The molecule has 1 aromatic rings. The Kier molecular flexibility index (Phi) is 4.50. The third kappa shape index (κ3) is 3.72. The smallest absolute Gasteiger partial charge is 0.391 e. The monoisotopic (exact) mass is 276 g/mol. The number of hydrogen-bond acceptors (Lipinski definition) is 3. The van der Waals surface area contributed by atoms with E-state index in [0.717, 1.165) is 12.3 Å². The summed E-state index contributed by atoms with van der Waals surface area (Å²) in [7, 11) is 0. The van der Waals surface area contributed by atoms with Crippen LogP contribution in [0.4, 0.5) is 13.2 Å². The average molecular weight is 276 g/mol. The topological polar surface area (TPSA) is 38.1 Å². The maximum Gasteiger partial charge on any atom is 0.391 e. The van der Waals surface area contributed by atoms with Crippen LogP contribution >= 0.6 is 0 Å². The number of halogens is 3. The SMILES string of the molecule is CCNCc1ncc(C2CCC(C(F)(F)F)CC2)o1. The molecule has 108 valence electrons. The van der Waals surface area contributed by atoms with E-state index in [1.54, 1.807) is 6.20 Å². The van der Waals surface area contributed by atoms with Gasteiger partial charge in [0.25, 0.3) is 0 Å². The molecule has 0 aromatic carbocycles. The van der Waals surface area contributed by atoms with Gasteiger partial charge in [0.05, 0.1) is 18.7 Å². The van der Waals surface area contributed by atoms with E-state index in [0.29, 0.717) is 25.3 Å². The lowest BCUT2D eigenvalue weighted by molar-refractivity contribution is -0.182. The van der Waals surface area contributed by atoms with Crippen molar-refractivity contribution in [2.75, 3.05) is 6.54 Å². The fraction of sp³-hybridized carbons (Fsp3) is 0.769. The minimum absolute atomic E-state index is 0.0847. The molecule has 0 radical (unpaired) electrons. The maximum atomic E-state index is 12.6. The van der Waals surface area contributed by atoms with Gasteiger partial charge in [0, 0.05) is 5.92 Å². The van der Waals surface area contributed by atoms with E-state index in [-0.39, 0.29) is 18.8 Å². The molecular weight excluding hydrogens is 257 g/mol. The van der Waals surface area contributed by atoms with Gasteiger partial charge in [-0.3, -0.25) is 0 Å². The van der Waals surface area contributed by atoms with Gasteiger partial charge >= 0.3 is 6.18 Å². The minimum atomic E-state index is -4.05. The molecule has 1 fully saturated rings. The Morgan fingerprint density at radius 1 is 1.32 bits per heavy atom. The van der Waals surface area contributed by atoms with E-state index in [9.17, 15) is 13.2 Å². The molecule has 0 bridgehead atoms. The molecule has 2 rings (SSSR count). The largest absolute Gasteiger partial charge is 0.444 e. The summed E-state index contributed by atoms with van der Waals surface area (Å²) >= 11 is 0. The molecule has 1 N–H and O–H groups in total. The first-order valence-corrected chi connectivity index (χ1v) is 6.72. The van der Waals surface area contributed by atoms with Crippen LogP contribution in [0.25, 0.3) is 0 Å². The van der Waals surface area contributed by atoms with Crippen molar-refractivity contribution in [2.24, 2.45) is 5.92 Å². The van der Waals surface area contributed by atoms with Crippen molar-refractivity contribution in [2.45, 2.75) is 51.2 Å².